The average molecular weight is 1090 g/mol. The van der Waals surface area contributed by atoms with E-state index in [1.807, 2.05) is 133 Å². The summed E-state index contributed by atoms with van der Waals surface area (Å²) in [5, 5.41) is 33.3. The van der Waals surface area contributed by atoms with Crippen molar-refractivity contribution in [2.24, 2.45) is 14.1 Å². The monoisotopic (exact) mass is 1090 g/mol. The van der Waals surface area contributed by atoms with Gasteiger partial charge in [0.15, 0.2) is 23.0 Å². The predicted molar refractivity (Wildman–Crippen MR) is 298 cm³/mol. The van der Waals surface area contributed by atoms with Crippen LogP contribution in [0.15, 0.2) is 168 Å². The minimum atomic E-state index is -1.83. The van der Waals surface area contributed by atoms with Gasteiger partial charge in [-0.1, -0.05) is 135 Å². The van der Waals surface area contributed by atoms with E-state index in [-0.39, 0.29) is 104 Å². The van der Waals surface area contributed by atoms with E-state index in [0.29, 0.717) is 12.8 Å². The number of amides is 3. The number of nitrogens with zero attached hydrogens (tertiary/aromatic N) is 3. The second-order valence-corrected chi connectivity index (χ2v) is 18.2. The van der Waals surface area contributed by atoms with Crippen LogP contribution in [0.1, 0.15) is 83.5 Å². The van der Waals surface area contributed by atoms with E-state index in [1.54, 1.807) is 14.1 Å². The van der Waals surface area contributed by atoms with Gasteiger partial charge in [0.1, 0.15) is 32.0 Å². The lowest BCUT2D eigenvalue weighted by atomic mass is 10.1. The molecule has 1 unspecified atom stereocenters. The molecule has 6 N–H and O–H groups in total. The van der Waals surface area contributed by atoms with E-state index in [9.17, 15) is 33.9 Å². The van der Waals surface area contributed by atoms with Crippen LogP contribution in [0.3, 0.4) is 0 Å². The highest BCUT2D eigenvalue weighted by molar-refractivity contribution is 6.01. The Morgan fingerprint density at radius 3 is 1.19 bits per heavy atom. The first-order valence-corrected chi connectivity index (χ1v) is 25.6. The number of carbonyl (C=O) groups excluding carboxylic acids is 3. The van der Waals surface area contributed by atoms with Crippen LogP contribution in [0, 0.1) is 0 Å². The first-order chi connectivity index (χ1) is 38.6. The molecular formula is C60H64N6O14. The van der Waals surface area contributed by atoms with Gasteiger partial charge < -0.3 is 59.4 Å². The third-order valence-corrected chi connectivity index (χ3v) is 12.3. The number of rotatable bonds is 27. The van der Waals surface area contributed by atoms with Crippen molar-refractivity contribution in [3.63, 3.8) is 0 Å². The maximum absolute atomic E-state index is 14.6. The molecule has 0 fully saturated rings. The van der Waals surface area contributed by atoms with Crippen molar-refractivity contribution < 1.29 is 58.2 Å². The molecule has 0 bridgehead atoms. The minimum absolute atomic E-state index is 0.000288. The molecule has 2 aromatic heterocycles. The number of aromatic carboxylic acids is 1. The van der Waals surface area contributed by atoms with Crippen molar-refractivity contribution in [3.05, 3.63) is 223 Å². The SMILES string of the molecule is CCCC(CN(CCNC(=O)c1ccn(C)c(=O)c1OCc1ccccc1)CCNC(=O)c1ccn(C)c(=O)c1OCc1ccccc1)NC(=O)c1ccc(C(=O)O)c(OCc2ccccc2)c1OCc1ccccc1.O=C(O)O. The summed E-state index contributed by atoms with van der Waals surface area (Å²) < 4.78 is 27.1. The number of benzene rings is 5. The Kier molecular flexibility index (Phi) is 22.6. The Labute approximate surface area is 461 Å². The summed E-state index contributed by atoms with van der Waals surface area (Å²) in [7, 11) is 3.14. The highest BCUT2D eigenvalue weighted by atomic mass is 16.6. The van der Waals surface area contributed by atoms with E-state index in [1.165, 1.54) is 45.8 Å². The zero-order chi connectivity index (χ0) is 57.4. The van der Waals surface area contributed by atoms with Crippen LogP contribution in [0.5, 0.6) is 23.0 Å². The van der Waals surface area contributed by atoms with Crippen LogP contribution in [-0.2, 0) is 40.5 Å². The molecule has 0 aliphatic rings. The molecule has 5 aromatic carbocycles. The predicted octanol–water partition coefficient (Wildman–Crippen LogP) is 7.38. The lowest BCUT2D eigenvalue weighted by Gasteiger charge is -2.29. The fourth-order valence-electron chi connectivity index (χ4n) is 8.23. The molecule has 7 aromatic rings. The Morgan fingerprint density at radius 2 is 0.825 bits per heavy atom. The molecule has 418 valence electrons. The molecule has 0 aliphatic carbocycles. The number of ether oxygens (including phenoxy) is 4. The van der Waals surface area contributed by atoms with E-state index in [2.05, 4.69) is 16.0 Å². The van der Waals surface area contributed by atoms with Gasteiger partial charge in [0.05, 0.1) is 16.7 Å². The number of carbonyl (C=O) groups is 5. The van der Waals surface area contributed by atoms with Gasteiger partial charge in [-0.05, 0) is 52.9 Å². The van der Waals surface area contributed by atoms with Gasteiger partial charge in [0.25, 0.3) is 28.8 Å². The second kappa shape index (κ2) is 30.3. The smallest absolute Gasteiger partial charge is 0.484 e. The highest BCUT2D eigenvalue weighted by Gasteiger charge is 2.27. The fraction of sp³-hybridized carbons (Fsp3) is 0.250. The van der Waals surface area contributed by atoms with Gasteiger partial charge in [0, 0.05) is 65.3 Å². The summed E-state index contributed by atoms with van der Waals surface area (Å²) >= 11 is 0. The number of aromatic nitrogens is 2. The number of hydrogen-bond donors (Lipinski definition) is 6. The van der Waals surface area contributed by atoms with E-state index >= 15 is 0 Å². The van der Waals surface area contributed by atoms with Crippen LogP contribution >= 0.6 is 0 Å². The maximum atomic E-state index is 14.6. The van der Waals surface area contributed by atoms with Crippen molar-refractivity contribution >= 4 is 29.8 Å². The molecule has 0 saturated carbocycles. The second-order valence-electron chi connectivity index (χ2n) is 18.2. The number of pyridine rings is 2. The fourth-order valence-corrected chi connectivity index (χ4v) is 8.23. The van der Waals surface area contributed by atoms with E-state index in [4.69, 9.17) is 34.0 Å². The summed E-state index contributed by atoms with van der Waals surface area (Å²) in [5.74, 6) is -3.25. The van der Waals surface area contributed by atoms with Gasteiger partial charge in [0.2, 0.25) is 0 Å². The summed E-state index contributed by atoms with van der Waals surface area (Å²) in [6, 6.07) is 42.2. The molecule has 2 heterocycles. The van der Waals surface area contributed by atoms with Crippen molar-refractivity contribution in [1.82, 2.24) is 30.0 Å². The molecule has 20 heteroatoms. The minimum Gasteiger partial charge on any atom is -0.484 e. The van der Waals surface area contributed by atoms with Crippen LogP contribution in [0.4, 0.5) is 4.79 Å². The van der Waals surface area contributed by atoms with Crippen molar-refractivity contribution in [2.45, 2.75) is 52.2 Å². The van der Waals surface area contributed by atoms with Crippen LogP contribution in [0.2, 0.25) is 0 Å². The Bertz CT molecular complexity index is 3170. The highest BCUT2D eigenvalue weighted by Crippen LogP contribution is 2.37. The lowest BCUT2D eigenvalue weighted by molar-refractivity contribution is 0.0688. The molecule has 20 nitrogen and oxygen atoms in total. The zero-order valence-electron chi connectivity index (χ0n) is 44.5. The molecule has 0 spiro atoms. The zero-order valence-corrected chi connectivity index (χ0v) is 44.5. The summed E-state index contributed by atoms with van der Waals surface area (Å²) in [5.41, 5.74) is 2.18. The molecule has 0 saturated heterocycles. The first kappa shape index (κ1) is 59.6. The van der Waals surface area contributed by atoms with Crippen LogP contribution in [0.25, 0.3) is 0 Å². The van der Waals surface area contributed by atoms with Crippen LogP contribution < -0.4 is 46.0 Å². The molecular weight excluding hydrogens is 1030 g/mol. The van der Waals surface area contributed by atoms with Crippen molar-refractivity contribution in [1.29, 1.82) is 0 Å². The molecule has 3 amide bonds. The topological polar surface area (TPSA) is 266 Å². The number of carboxylic acids is 1. The molecule has 80 heavy (non-hydrogen) atoms. The van der Waals surface area contributed by atoms with Gasteiger partial charge in [-0.25, -0.2) is 9.59 Å². The average Bonchev–Trinajstić information content (AvgIpc) is 3.51. The Balaban J connectivity index is 0.00000249. The van der Waals surface area contributed by atoms with Gasteiger partial charge in [-0.15, -0.1) is 0 Å². The summed E-state index contributed by atoms with van der Waals surface area (Å²) in [6.07, 6.45) is 2.30. The molecule has 0 radical (unpaired) electrons. The van der Waals surface area contributed by atoms with Gasteiger partial charge in [-0.3, -0.25) is 28.9 Å². The van der Waals surface area contributed by atoms with Gasteiger partial charge >= 0.3 is 12.1 Å². The largest absolute Gasteiger partial charge is 0.503 e. The third-order valence-electron chi connectivity index (χ3n) is 12.3. The lowest BCUT2D eigenvalue weighted by Crippen LogP contribution is -2.48. The Hall–Kier alpha value is -9.69. The number of carboxylic acid groups (broad SMARTS) is 3. The molecule has 1 atom stereocenters. The van der Waals surface area contributed by atoms with Crippen molar-refractivity contribution in [3.8, 4) is 23.0 Å². The summed E-state index contributed by atoms with van der Waals surface area (Å²) in [6.45, 7) is 2.93. The number of aryl methyl sites for hydroxylation is 2. The molecule has 0 aliphatic heterocycles. The molecule has 7 rings (SSSR count). The third kappa shape index (κ3) is 17.7. The maximum Gasteiger partial charge on any atom is 0.503 e. The van der Waals surface area contributed by atoms with Crippen LogP contribution in [-0.4, -0.2) is 98.0 Å². The quantitative estimate of drug-likeness (QED) is 0.0293. The number of nitrogens with one attached hydrogen (secondary N) is 3. The Morgan fingerprint density at radius 1 is 0.487 bits per heavy atom. The normalized spacial score (nSPS) is 11.1. The number of hydrogen-bond acceptors (Lipinski definition) is 12. The van der Waals surface area contributed by atoms with Crippen molar-refractivity contribution in [2.75, 3.05) is 32.7 Å². The van der Waals surface area contributed by atoms with E-state index in [0.717, 1.165) is 22.3 Å². The summed E-state index contributed by atoms with van der Waals surface area (Å²) in [4.78, 5) is 92.1. The standard InChI is InChI=1S/C59H62N6O11.CH2O3/c1-4-17-45(62-56(68)46-26-27-49(59(71)72)51(74-38-42-20-11-6-12-21-42)50(46)73-37-41-18-9-5-10-19-41)36-65(34-30-60-54(66)47-28-32-63(2)57(69)52(47)75-39-43-22-13-7-14-23-43)35-31-61-55(67)48-29-33-64(3)58(70)53(48)76-40-44-24-15-8-16-25-44;2-1(3)4/h5-16,18-29,32-33,45H,4,17,30-31,34-40H2,1-3H3,(H,60,66)(H,61,67)(H,62,68)(H,71,72);(H2,2,3,4). The van der Waals surface area contributed by atoms with Gasteiger partial charge in [-0.2, -0.15) is 0 Å². The first-order valence-electron chi connectivity index (χ1n) is 25.6. The van der Waals surface area contributed by atoms with E-state index < -0.39 is 47.0 Å².